The van der Waals surface area contributed by atoms with E-state index in [1.165, 1.54) is 64.2 Å². The van der Waals surface area contributed by atoms with Crippen LogP contribution < -0.4 is 0 Å². The summed E-state index contributed by atoms with van der Waals surface area (Å²) in [7, 11) is 0. The summed E-state index contributed by atoms with van der Waals surface area (Å²) >= 11 is 0. The minimum atomic E-state index is 0.865. The van der Waals surface area contributed by atoms with Gasteiger partial charge >= 0.3 is 0 Å². The molecule has 19 heavy (non-hydrogen) atoms. The fourth-order valence-corrected chi connectivity index (χ4v) is 2.26. The third-order valence-corrected chi connectivity index (χ3v) is 3.56. The summed E-state index contributed by atoms with van der Waals surface area (Å²) in [6.07, 6.45) is 15.6. The van der Waals surface area contributed by atoms with Crippen LogP contribution in [0.25, 0.3) is 0 Å². The van der Waals surface area contributed by atoms with Gasteiger partial charge in [-0.1, -0.05) is 72.6 Å². The van der Waals surface area contributed by atoms with Crippen LogP contribution in [-0.2, 0) is 0 Å². The Labute approximate surface area is 122 Å². The van der Waals surface area contributed by atoms with Gasteiger partial charge in [0.25, 0.3) is 0 Å². The highest BCUT2D eigenvalue weighted by molar-refractivity contribution is 5.56. The van der Waals surface area contributed by atoms with Gasteiger partial charge in [-0.05, 0) is 37.3 Å². The van der Waals surface area contributed by atoms with Gasteiger partial charge in [-0.15, -0.1) is 0 Å². The molecule has 0 fully saturated rings. The van der Waals surface area contributed by atoms with Gasteiger partial charge in [0.05, 0.1) is 0 Å². The lowest BCUT2D eigenvalue weighted by molar-refractivity contribution is 0.521. The second kappa shape index (κ2) is 14.1. The zero-order valence-electron chi connectivity index (χ0n) is 14.0. The van der Waals surface area contributed by atoms with E-state index in [0.29, 0.717) is 0 Å². The maximum Gasteiger partial charge on any atom is 0.0385 e. The molecule has 0 heterocycles. The van der Waals surface area contributed by atoms with Crippen molar-refractivity contribution >= 4 is 6.21 Å². The molecule has 0 aliphatic rings. The summed E-state index contributed by atoms with van der Waals surface area (Å²) in [6, 6.07) is 0. The summed E-state index contributed by atoms with van der Waals surface area (Å²) < 4.78 is 0. The van der Waals surface area contributed by atoms with Gasteiger partial charge in [0.15, 0.2) is 0 Å². The Morgan fingerprint density at radius 2 is 1.21 bits per heavy atom. The van der Waals surface area contributed by atoms with E-state index in [2.05, 4.69) is 38.9 Å². The van der Waals surface area contributed by atoms with Crippen molar-refractivity contribution in [1.29, 1.82) is 0 Å². The summed E-state index contributed by atoms with van der Waals surface area (Å²) in [5.74, 6) is 1.73. The van der Waals surface area contributed by atoms with E-state index in [4.69, 9.17) is 0 Å². The molecule has 0 aromatic heterocycles. The fraction of sp³-hybridized carbons (Fsp3) is 0.944. The molecule has 1 nitrogen and oxygen atoms in total. The first kappa shape index (κ1) is 18.7. The van der Waals surface area contributed by atoms with Crippen molar-refractivity contribution < 1.29 is 0 Å². The summed E-state index contributed by atoms with van der Waals surface area (Å²) in [5.41, 5.74) is 0. The van der Waals surface area contributed by atoms with E-state index in [0.717, 1.165) is 18.4 Å². The lowest BCUT2D eigenvalue weighted by Gasteiger charge is -2.03. The van der Waals surface area contributed by atoms with Crippen LogP contribution in [0.3, 0.4) is 0 Å². The Kier molecular flexibility index (Phi) is 13.8. The fourth-order valence-electron chi connectivity index (χ4n) is 2.26. The molecule has 0 saturated heterocycles. The van der Waals surface area contributed by atoms with Crippen LogP contribution in [0.1, 0.15) is 91.9 Å². The van der Waals surface area contributed by atoms with Crippen LogP contribution >= 0.6 is 0 Å². The molecule has 0 saturated carbocycles. The highest BCUT2D eigenvalue weighted by Gasteiger charge is 1.94. The Morgan fingerprint density at radius 3 is 1.79 bits per heavy atom. The number of hydrogen-bond donors (Lipinski definition) is 0. The molecule has 0 atom stereocenters. The normalized spacial score (nSPS) is 12.1. The molecular formula is C18H37N. The van der Waals surface area contributed by atoms with Crippen molar-refractivity contribution in [2.75, 3.05) is 6.54 Å². The first-order chi connectivity index (χ1) is 9.13. The number of aliphatic imine (C=N–C) groups is 1. The molecule has 0 amide bonds. The molecule has 0 unspecified atom stereocenters. The Bertz CT molecular complexity index is 194. The molecule has 0 bridgehead atoms. The lowest BCUT2D eigenvalue weighted by Crippen LogP contribution is -1.89. The lowest BCUT2D eigenvalue weighted by atomic mass is 10.0. The minimum Gasteiger partial charge on any atom is -0.298 e. The predicted molar refractivity (Wildman–Crippen MR) is 89.2 cm³/mol. The zero-order chi connectivity index (χ0) is 14.3. The Hall–Kier alpha value is -0.330. The highest BCUT2D eigenvalue weighted by Crippen LogP contribution is 2.10. The minimum absolute atomic E-state index is 0.865. The Balaban J connectivity index is 3.09. The molecule has 1 heteroatoms. The molecule has 0 aromatic rings. The molecule has 0 aliphatic carbocycles. The largest absolute Gasteiger partial charge is 0.298 e. The van der Waals surface area contributed by atoms with Crippen molar-refractivity contribution in [3.8, 4) is 0 Å². The molecule has 0 aliphatic heterocycles. The second-order valence-corrected chi connectivity index (χ2v) is 6.72. The molecule has 0 N–H and O–H groups in total. The first-order valence-electron chi connectivity index (χ1n) is 8.61. The van der Waals surface area contributed by atoms with E-state index >= 15 is 0 Å². The van der Waals surface area contributed by atoms with Crippen molar-refractivity contribution in [3.05, 3.63) is 0 Å². The summed E-state index contributed by atoms with van der Waals surface area (Å²) in [5, 5.41) is 0. The van der Waals surface area contributed by atoms with Gasteiger partial charge in [-0.3, -0.25) is 4.99 Å². The third-order valence-electron chi connectivity index (χ3n) is 3.56. The van der Waals surface area contributed by atoms with Crippen LogP contribution in [-0.4, -0.2) is 12.8 Å². The van der Waals surface area contributed by atoms with Crippen molar-refractivity contribution in [2.24, 2.45) is 16.8 Å². The van der Waals surface area contributed by atoms with E-state index in [1.807, 2.05) is 0 Å². The molecule has 0 aromatic carbocycles. The number of rotatable bonds is 13. The number of hydrogen-bond acceptors (Lipinski definition) is 1. The van der Waals surface area contributed by atoms with E-state index in [-0.39, 0.29) is 0 Å². The van der Waals surface area contributed by atoms with Crippen molar-refractivity contribution in [1.82, 2.24) is 0 Å². The molecule has 114 valence electrons. The van der Waals surface area contributed by atoms with E-state index in [1.54, 1.807) is 0 Å². The summed E-state index contributed by atoms with van der Waals surface area (Å²) in [4.78, 5) is 4.51. The molecular weight excluding hydrogens is 230 g/mol. The van der Waals surface area contributed by atoms with Crippen LogP contribution in [0.15, 0.2) is 4.99 Å². The average Bonchev–Trinajstić information content (AvgIpc) is 2.34. The Morgan fingerprint density at radius 1 is 0.684 bits per heavy atom. The molecule has 0 radical (unpaired) electrons. The van der Waals surface area contributed by atoms with Gasteiger partial charge in [0.1, 0.15) is 0 Å². The number of unbranched alkanes of at least 4 members (excludes halogenated alkanes) is 6. The van der Waals surface area contributed by atoms with Crippen LogP contribution in [0.5, 0.6) is 0 Å². The van der Waals surface area contributed by atoms with Crippen LogP contribution in [0, 0.1) is 11.8 Å². The SMILES string of the molecule is CC(C)CCCCCC=NCCCCCCC(C)C. The maximum atomic E-state index is 4.51. The van der Waals surface area contributed by atoms with Crippen molar-refractivity contribution in [3.63, 3.8) is 0 Å². The first-order valence-corrected chi connectivity index (χ1v) is 8.61. The molecule has 0 rings (SSSR count). The quantitative estimate of drug-likeness (QED) is 0.275. The van der Waals surface area contributed by atoms with Gasteiger partial charge in [-0.25, -0.2) is 0 Å². The van der Waals surface area contributed by atoms with E-state index < -0.39 is 0 Å². The predicted octanol–water partition coefficient (Wildman–Crippen LogP) is 6.27. The third kappa shape index (κ3) is 17.7. The van der Waals surface area contributed by atoms with Gasteiger partial charge in [0.2, 0.25) is 0 Å². The highest BCUT2D eigenvalue weighted by atomic mass is 14.7. The zero-order valence-corrected chi connectivity index (χ0v) is 14.0. The summed E-state index contributed by atoms with van der Waals surface area (Å²) in [6.45, 7) is 10.3. The van der Waals surface area contributed by atoms with Gasteiger partial charge in [0, 0.05) is 6.54 Å². The van der Waals surface area contributed by atoms with Crippen molar-refractivity contribution in [2.45, 2.75) is 91.9 Å². The van der Waals surface area contributed by atoms with E-state index in [9.17, 15) is 0 Å². The van der Waals surface area contributed by atoms with Crippen LogP contribution in [0.2, 0.25) is 0 Å². The second-order valence-electron chi connectivity index (χ2n) is 6.72. The topological polar surface area (TPSA) is 12.4 Å². The van der Waals surface area contributed by atoms with Crippen LogP contribution in [0.4, 0.5) is 0 Å². The molecule has 0 spiro atoms. The van der Waals surface area contributed by atoms with Gasteiger partial charge in [-0.2, -0.15) is 0 Å². The smallest absolute Gasteiger partial charge is 0.0385 e. The maximum absolute atomic E-state index is 4.51. The number of nitrogens with zero attached hydrogens (tertiary/aromatic N) is 1. The monoisotopic (exact) mass is 267 g/mol. The van der Waals surface area contributed by atoms with Gasteiger partial charge < -0.3 is 0 Å². The standard InChI is InChI=1S/C18H37N/c1-17(2)13-9-5-7-11-15-19-16-12-8-6-10-14-18(3)4/h15,17-18H,5-14,16H2,1-4H3. The average molecular weight is 268 g/mol.